The Labute approximate surface area is 126 Å². The summed E-state index contributed by atoms with van der Waals surface area (Å²) in [6.07, 6.45) is 0. The normalized spacial score (nSPS) is 10.2. The zero-order valence-electron chi connectivity index (χ0n) is 10.3. The molecular weight excluding hydrogens is 347 g/mol. The second-order valence-electron chi connectivity index (χ2n) is 4.01. The molecule has 0 spiro atoms. The molecule has 0 amide bonds. The average molecular weight is 355 g/mol. The Balaban J connectivity index is 2.59. The standard InChI is InChI=1S/C13H8BrFN2O4/c14-9-5-4-7(15)6-10(9)16-12-8(13(18)19)2-1-3-11(12)17(20)21/h1-6,16H,(H,18,19). The highest BCUT2D eigenvalue weighted by Gasteiger charge is 2.22. The van der Waals surface area contributed by atoms with Crippen LogP contribution in [0.25, 0.3) is 0 Å². The van der Waals surface area contributed by atoms with Crippen molar-refractivity contribution in [1.29, 1.82) is 0 Å². The maximum absolute atomic E-state index is 13.3. The summed E-state index contributed by atoms with van der Waals surface area (Å²) >= 11 is 3.16. The maximum Gasteiger partial charge on any atom is 0.338 e. The van der Waals surface area contributed by atoms with Crippen molar-refractivity contribution in [3.63, 3.8) is 0 Å². The number of carbonyl (C=O) groups is 1. The highest BCUT2D eigenvalue weighted by atomic mass is 79.9. The van der Waals surface area contributed by atoms with Gasteiger partial charge in [0.05, 0.1) is 16.2 Å². The number of nitrogens with one attached hydrogen (secondary N) is 1. The Kier molecular flexibility index (Phi) is 4.18. The number of aromatic carboxylic acids is 1. The Hall–Kier alpha value is -2.48. The number of benzene rings is 2. The molecule has 0 bridgehead atoms. The highest BCUT2D eigenvalue weighted by molar-refractivity contribution is 9.10. The van der Waals surface area contributed by atoms with Gasteiger partial charge >= 0.3 is 5.97 Å². The number of anilines is 2. The van der Waals surface area contributed by atoms with Crippen LogP contribution in [0.3, 0.4) is 0 Å². The summed E-state index contributed by atoms with van der Waals surface area (Å²) in [5.74, 6) is -1.88. The molecular formula is C13H8BrFN2O4. The summed E-state index contributed by atoms with van der Waals surface area (Å²) < 4.78 is 13.7. The van der Waals surface area contributed by atoms with Crippen LogP contribution >= 0.6 is 15.9 Å². The molecule has 0 aliphatic rings. The number of nitro groups is 1. The Morgan fingerprint density at radius 2 is 2.05 bits per heavy atom. The van der Waals surface area contributed by atoms with Crippen molar-refractivity contribution in [1.82, 2.24) is 0 Å². The number of carboxylic acid groups (broad SMARTS) is 1. The van der Waals surface area contributed by atoms with E-state index in [4.69, 9.17) is 5.11 Å². The fraction of sp³-hybridized carbons (Fsp3) is 0. The molecule has 2 aromatic carbocycles. The predicted molar refractivity (Wildman–Crippen MR) is 77.4 cm³/mol. The third-order valence-corrected chi connectivity index (χ3v) is 3.35. The lowest BCUT2D eigenvalue weighted by atomic mass is 10.1. The number of rotatable bonds is 4. The van der Waals surface area contributed by atoms with Crippen LogP contribution < -0.4 is 5.32 Å². The Morgan fingerprint density at radius 3 is 2.67 bits per heavy atom. The molecule has 0 fully saturated rings. The van der Waals surface area contributed by atoms with Crippen LogP contribution in [0.2, 0.25) is 0 Å². The summed E-state index contributed by atoms with van der Waals surface area (Å²) in [6, 6.07) is 7.38. The van der Waals surface area contributed by atoms with E-state index >= 15 is 0 Å². The van der Waals surface area contributed by atoms with E-state index < -0.39 is 22.4 Å². The lowest BCUT2D eigenvalue weighted by Gasteiger charge is -2.11. The van der Waals surface area contributed by atoms with E-state index in [1.54, 1.807) is 0 Å². The fourth-order valence-electron chi connectivity index (χ4n) is 1.73. The smallest absolute Gasteiger partial charge is 0.338 e. The van der Waals surface area contributed by atoms with E-state index in [1.165, 1.54) is 30.3 Å². The Morgan fingerprint density at radius 1 is 1.33 bits per heavy atom. The first-order chi connectivity index (χ1) is 9.90. The first-order valence-electron chi connectivity index (χ1n) is 5.63. The number of hydrogen-bond donors (Lipinski definition) is 2. The summed E-state index contributed by atoms with van der Waals surface area (Å²) in [6.45, 7) is 0. The molecule has 0 heterocycles. The molecule has 6 nitrogen and oxygen atoms in total. The van der Waals surface area contributed by atoms with Crippen LogP contribution in [0.1, 0.15) is 10.4 Å². The molecule has 0 saturated carbocycles. The van der Waals surface area contributed by atoms with E-state index in [-0.39, 0.29) is 16.9 Å². The van der Waals surface area contributed by atoms with E-state index in [1.807, 2.05) is 0 Å². The van der Waals surface area contributed by atoms with E-state index in [2.05, 4.69) is 21.2 Å². The van der Waals surface area contributed by atoms with Crippen molar-refractivity contribution >= 4 is 39.0 Å². The van der Waals surface area contributed by atoms with Crippen molar-refractivity contribution in [3.05, 3.63) is 62.4 Å². The molecule has 8 heteroatoms. The second-order valence-corrected chi connectivity index (χ2v) is 4.87. The first-order valence-corrected chi connectivity index (χ1v) is 6.42. The molecule has 0 atom stereocenters. The van der Waals surface area contributed by atoms with Gasteiger partial charge in [0.2, 0.25) is 0 Å². The summed E-state index contributed by atoms with van der Waals surface area (Å²) in [5.41, 5.74) is -0.709. The van der Waals surface area contributed by atoms with Crippen molar-refractivity contribution in [3.8, 4) is 0 Å². The van der Waals surface area contributed by atoms with Gasteiger partial charge in [-0.25, -0.2) is 9.18 Å². The number of halogens is 2. The monoisotopic (exact) mass is 354 g/mol. The molecule has 0 radical (unpaired) electrons. The van der Waals surface area contributed by atoms with Crippen LogP contribution in [0.4, 0.5) is 21.5 Å². The zero-order chi connectivity index (χ0) is 15.6. The van der Waals surface area contributed by atoms with Gasteiger partial charge in [-0.05, 0) is 40.2 Å². The number of carboxylic acids is 1. The number of hydrogen-bond acceptors (Lipinski definition) is 4. The molecule has 2 rings (SSSR count). The van der Waals surface area contributed by atoms with Crippen LogP contribution in [0, 0.1) is 15.9 Å². The summed E-state index contributed by atoms with van der Waals surface area (Å²) in [4.78, 5) is 21.5. The minimum Gasteiger partial charge on any atom is -0.478 e. The minimum absolute atomic E-state index is 0.187. The van der Waals surface area contributed by atoms with Crippen LogP contribution in [-0.2, 0) is 0 Å². The lowest BCUT2D eigenvalue weighted by molar-refractivity contribution is -0.383. The minimum atomic E-state index is -1.33. The van der Waals surface area contributed by atoms with Gasteiger partial charge in [0, 0.05) is 10.5 Å². The lowest BCUT2D eigenvalue weighted by Crippen LogP contribution is -2.06. The van der Waals surface area contributed by atoms with Crippen LogP contribution in [-0.4, -0.2) is 16.0 Å². The molecule has 2 aromatic rings. The highest BCUT2D eigenvalue weighted by Crippen LogP contribution is 2.34. The van der Waals surface area contributed by atoms with Crippen molar-refractivity contribution in [2.75, 3.05) is 5.32 Å². The summed E-state index contributed by atoms with van der Waals surface area (Å²) in [7, 11) is 0. The first kappa shape index (κ1) is 14.9. The van der Waals surface area contributed by atoms with Gasteiger partial charge in [-0.1, -0.05) is 6.07 Å². The third-order valence-electron chi connectivity index (χ3n) is 2.66. The van der Waals surface area contributed by atoms with E-state index in [0.29, 0.717) is 4.47 Å². The number of nitrogens with zero attached hydrogens (tertiary/aromatic N) is 1. The maximum atomic E-state index is 13.3. The summed E-state index contributed by atoms with van der Waals surface area (Å²) in [5, 5.41) is 22.8. The van der Waals surface area contributed by atoms with Gasteiger partial charge in [-0.2, -0.15) is 0 Å². The zero-order valence-corrected chi connectivity index (χ0v) is 11.9. The molecule has 0 saturated heterocycles. The molecule has 108 valence electrons. The van der Waals surface area contributed by atoms with E-state index in [0.717, 1.165) is 6.07 Å². The molecule has 0 aromatic heterocycles. The van der Waals surface area contributed by atoms with Gasteiger partial charge < -0.3 is 10.4 Å². The quantitative estimate of drug-likeness (QED) is 0.640. The van der Waals surface area contributed by atoms with Crippen molar-refractivity contribution < 1.29 is 19.2 Å². The van der Waals surface area contributed by atoms with E-state index in [9.17, 15) is 19.3 Å². The van der Waals surface area contributed by atoms with Crippen molar-refractivity contribution in [2.45, 2.75) is 0 Å². The topological polar surface area (TPSA) is 92.5 Å². The third kappa shape index (κ3) is 3.16. The number of nitro benzene ring substituents is 1. The van der Waals surface area contributed by atoms with Gasteiger partial charge in [0.15, 0.2) is 0 Å². The largest absolute Gasteiger partial charge is 0.478 e. The second kappa shape index (κ2) is 5.88. The molecule has 0 aliphatic carbocycles. The predicted octanol–water partition coefficient (Wildman–Crippen LogP) is 3.94. The molecule has 0 unspecified atom stereocenters. The molecule has 2 N–H and O–H groups in total. The van der Waals surface area contributed by atoms with Crippen LogP contribution in [0.15, 0.2) is 40.9 Å². The van der Waals surface area contributed by atoms with Crippen molar-refractivity contribution in [2.24, 2.45) is 0 Å². The SMILES string of the molecule is O=C(O)c1cccc([N+](=O)[O-])c1Nc1cc(F)ccc1Br. The number of para-hydroxylation sites is 1. The Bertz CT molecular complexity index is 704. The average Bonchev–Trinajstić information content (AvgIpc) is 2.42. The molecule has 0 aliphatic heterocycles. The fourth-order valence-corrected chi connectivity index (χ4v) is 2.08. The molecule has 21 heavy (non-hydrogen) atoms. The van der Waals surface area contributed by atoms with Gasteiger partial charge in [0.25, 0.3) is 5.69 Å². The van der Waals surface area contributed by atoms with Crippen LogP contribution in [0.5, 0.6) is 0 Å². The van der Waals surface area contributed by atoms with Gasteiger partial charge in [-0.15, -0.1) is 0 Å². The van der Waals surface area contributed by atoms with Gasteiger partial charge in [0.1, 0.15) is 11.5 Å². The van der Waals surface area contributed by atoms with Gasteiger partial charge in [-0.3, -0.25) is 10.1 Å².